The molecule has 0 fully saturated rings. The number of thioether (sulfide) groups is 2. The van der Waals surface area contributed by atoms with Gasteiger partial charge in [-0.2, -0.15) is 0 Å². The summed E-state index contributed by atoms with van der Waals surface area (Å²) in [6.07, 6.45) is 32.6. The highest BCUT2D eigenvalue weighted by Gasteiger charge is 2.03. The number of unbranched alkanes of at least 4 members (excludes halogenated alkanes) is 20. The summed E-state index contributed by atoms with van der Waals surface area (Å²) in [4.78, 5) is 3.01. The van der Waals surface area contributed by atoms with E-state index in [9.17, 15) is 0 Å². The Kier molecular flexibility index (Phi) is 25.0. The number of benzene rings is 1. The first-order chi connectivity index (χ1) is 17.8. The van der Waals surface area contributed by atoms with Crippen molar-refractivity contribution in [2.75, 3.05) is 11.5 Å². The van der Waals surface area contributed by atoms with Crippen molar-refractivity contribution >= 4 is 23.5 Å². The Morgan fingerprint density at radius 2 is 0.694 bits per heavy atom. The molecule has 0 saturated heterocycles. The Morgan fingerprint density at radius 3 is 1.00 bits per heavy atom. The number of hydrogen-bond donors (Lipinski definition) is 0. The largest absolute Gasteiger partial charge is 0.126 e. The summed E-state index contributed by atoms with van der Waals surface area (Å²) in [5, 5.41) is 0. The average Bonchev–Trinajstić information content (AvgIpc) is 2.89. The van der Waals surface area contributed by atoms with Crippen molar-refractivity contribution in [2.24, 2.45) is 0 Å². The molecule has 0 aliphatic carbocycles. The Bertz CT molecular complexity index is 536. The van der Waals surface area contributed by atoms with Gasteiger partial charge in [0.05, 0.1) is 0 Å². The number of hydrogen-bond acceptors (Lipinski definition) is 2. The summed E-state index contributed by atoms with van der Waals surface area (Å²) >= 11 is 4.18. The molecule has 0 atom stereocenters. The van der Waals surface area contributed by atoms with E-state index in [0.717, 1.165) is 6.42 Å². The van der Waals surface area contributed by atoms with E-state index in [2.05, 4.69) is 62.5 Å². The van der Waals surface area contributed by atoms with Crippen molar-refractivity contribution in [3.63, 3.8) is 0 Å². The quantitative estimate of drug-likeness (QED) is 0.0813. The van der Waals surface area contributed by atoms with Crippen molar-refractivity contribution in [3.05, 3.63) is 23.8 Å². The molecule has 36 heavy (non-hydrogen) atoms. The van der Waals surface area contributed by atoms with Gasteiger partial charge in [-0.15, -0.1) is 23.5 Å². The molecule has 210 valence electrons. The topological polar surface area (TPSA) is 0 Å². The van der Waals surface area contributed by atoms with Crippen LogP contribution in [-0.4, -0.2) is 11.5 Å². The molecule has 2 heteroatoms. The van der Waals surface area contributed by atoms with Crippen LogP contribution >= 0.6 is 23.5 Å². The fourth-order valence-corrected chi connectivity index (χ4v) is 7.05. The van der Waals surface area contributed by atoms with Gasteiger partial charge >= 0.3 is 0 Å². The van der Waals surface area contributed by atoms with Gasteiger partial charge in [0.1, 0.15) is 0 Å². The van der Waals surface area contributed by atoms with Crippen LogP contribution in [0.3, 0.4) is 0 Å². The third kappa shape index (κ3) is 20.9. The van der Waals surface area contributed by atoms with Gasteiger partial charge in [-0.25, -0.2) is 0 Å². The van der Waals surface area contributed by atoms with Crippen LogP contribution in [0.5, 0.6) is 0 Å². The molecule has 0 bridgehead atoms. The second-order valence-corrected chi connectivity index (χ2v) is 13.3. The summed E-state index contributed by atoms with van der Waals surface area (Å²) in [5.74, 6) is 2.57. The van der Waals surface area contributed by atoms with E-state index in [0.29, 0.717) is 0 Å². The zero-order chi connectivity index (χ0) is 25.9. The maximum absolute atomic E-state index is 2.46. The molecule has 1 aromatic carbocycles. The molecule has 0 radical (unpaired) electrons. The Morgan fingerprint density at radius 1 is 0.389 bits per heavy atom. The Balaban J connectivity index is 2.06. The van der Waals surface area contributed by atoms with Crippen molar-refractivity contribution < 1.29 is 0 Å². The van der Waals surface area contributed by atoms with Crippen molar-refractivity contribution in [2.45, 2.75) is 178 Å². The molecule has 0 aromatic heterocycles. The number of aryl methyl sites for hydroxylation is 1. The molecular weight excluding hydrogens is 473 g/mol. The highest BCUT2D eigenvalue weighted by atomic mass is 32.2. The van der Waals surface area contributed by atoms with E-state index in [1.807, 2.05) is 0 Å². The first-order valence-electron chi connectivity index (χ1n) is 16.2. The summed E-state index contributed by atoms with van der Waals surface area (Å²) < 4.78 is 0. The fraction of sp³-hybridized carbons (Fsp3) is 0.824. The predicted octanol–water partition coefficient (Wildman–Crippen LogP) is 13.1. The van der Waals surface area contributed by atoms with Crippen LogP contribution in [0.15, 0.2) is 28.0 Å². The molecule has 0 unspecified atom stereocenters. The fourth-order valence-electron chi connectivity index (χ4n) is 4.91. The smallest absolute Gasteiger partial charge is 0.00858 e. The molecule has 1 rings (SSSR count). The Labute approximate surface area is 236 Å². The van der Waals surface area contributed by atoms with Crippen molar-refractivity contribution in [1.29, 1.82) is 0 Å². The van der Waals surface area contributed by atoms with Gasteiger partial charge in [0.15, 0.2) is 0 Å². The minimum atomic E-state index is 1.15. The van der Waals surface area contributed by atoms with E-state index in [4.69, 9.17) is 0 Å². The zero-order valence-electron chi connectivity index (χ0n) is 24.7. The molecule has 0 spiro atoms. The van der Waals surface area contributed by atoms with Gasteiger partial charge in [0.25, 0.3) is 0 Å². The molecule has 0 nitrogen and oxygen atoms in total. The van der Waals surface area contributed by atoms with E-state index < -0.39 is 0 Å². The normalized spacial score (nSPS) is 11.4. The molecule has 0 heterocycles. The lowest BCUT2D eigenvalue weighted by molar-refractivity contribution is 0.555. The maximum Gasteiger partial charge on any atom is 0.00858 e. The van der Waals surface area contributed by atoms with Crippen LogP contribution in [0.2, 0.25) is 0 Å². The summed E-state index contributed by atoms with van der Waals surface area (Å²) in [6.45, 7) is 6.90. The minimum Gasteiger partial charge on any atom is -0.126 e. The van der Waals surface area contributed by atoms with E-state index in [-0.39, 0.29) is 0 Å². The predicted molar refractivity (Wildman–Crippen MR) is 170 cm³/mol. The van der Waals surface area contributed by atoms with Gasteiger partial charge in [-0.3, -0.25) is 0 Å². The van der Waals surface area contributed by atoms with Crippen LogP contribution in [0.25, 0.3) is 0 Å². The lowest BCUT2D eigenvalue weighted by atomic mass is 10.1. The summed E-state index contributed by atoms with van der Waals surface area (Å²) in [6, 6.07) is 7.34. The highest BCUT2D eigenvalue weighted by Crippen LogP contribution is 2.29. The van der Waals surface area contributed by atoms with Crippen LogP contribution in [-0.2, 0) is 6.42 Å². The highest BCUT2D eigenvalue weighted by molar-refractivity contribution is 8.00. The molecule has 0 amide bonds. The summed E-state index contributed by atoms with van der Waals surface area (Å²) in [7, 11) is 0. The lowest BCUT2D eigenvalue weighted by Gasteiger charge is -2.09. The second-order valence-electron chi connectivity index (χ2n) is 10.9. The third-order valence-electron chi connectivity index (χ3n) is 7.38. The van der Waals surface area contributed by atoms with Crippen molar-refractivity contribution in [1.82, 2.24) is 0 Å². The van der Waals surface area contributed by atoms with Crippen LogP contribution in [0.4, 0.5) is 0 Å². The molecule has 0 aliphatic rings. The van der Waals surface area contributed by atoms with E-state index >= 15 is 0 Å². The van der Waals surface area contributed by atoms with Crippen LogP contribution in [0, 0.1) is 0 Å². The molecule has 0 saturated carbocycles. The monoisotopic (exact) mass is 534 g/mol. The molecule has 1 aromatic rings. The third-order valence-corrected chi connectivity index (χ3v) is 9.50. The van der Waals surface area contributed by atoms with Gasteiger partial charge in [-0.05, 0) is 54.5 Å². The molecule has 0 aliphatic heterocycles. The first kappa shape index (κ1) is 33.9. The van der Waals surface area contributed by atoms with Gasteiger partial charge in [0, 0.05) is 9.79 Å². The second kappa shape index (κ2) is 26.5. The SMILES string of the molecule is CCCCCCCCCCCCCSc1cc(CC)cc(SCCCCCCCCCCCCC)c1. The maximum atomic E-state index is 2.46. The van der Waals surface area contributed by atoms with Gasteiger partial charge in [0.2, 0.25) is 0 Å². The summed E-state index contributed by atoms with van der Waals surface area (Å²) in [5.41, 5.74) is 1.51. The zero-order valence-corrected chi connectivity index (χ0v) is 26.4. The first-order valence-corrected chi connectivity index (χ1v) is 18.2. The van der Waals surface area contributed by atoms with Gasteiger partial charge < -0.3 is 0 Å². The molecule has 0 N–H and O–H groups in total. The average molecular weight is 535 g/mol. The lowest BCUT2D eigenvalue weighted by Crippen LogP contribution is -1.88. The standard InChI is InChI=1S/C34H62S2/c1-4-7-9-11-13-15-17-19-21-23-25-27-35-33-29-32(6-3)30-34(31-33)36-28-26-24-22-20-18-16-14-12-10-8-5-2/h29-31H,4-28H2,1-3H3. The van der Waals surface area contributed by atoms with E-state index in [1.54, 1.807) is 0 Å². The molecular formula is C34H62S2. The van der Waals surface area contributed by atoms with Crippen LogP contribution < -0.4 is 0 Å². The van der Waals surface area contributed by atoms with Crippen LogP contribution in [0.1, 0.15) is 168 Å². The van der Waals surface area contributed by atoms with E-state index in [1.165, 1.54) is 168 Å². The van der Waals surface area contributed by atoms with Crippen molar-refractivity contribution in [3.8, 4) is 0 Å². The van der Waals surface area contributed by atoms with Gasteiger partial charge in [-0.1, -0.05) is 149 Å². The minimum absolute atomic E-state index is 1.15. The number of rotatable bonds is 27. The Hall–Kier alpha value is -0.0800.